The van der Waals surface area contributed by atoms with Gasteiger partial charge >= 0.3 is 0 Å². The first kappa shape index (κ1) is 39.5. The number of pyridine rings is 1. The number of aliphatic hydroxyl groups excluding tert-OH is 2. The topological polar surface area (TPSA) is 178 Å². The quantitative estimate of drug-likeness (QED) is 0.138. The van der Waals surface area contributed by atoms with Crippen LogP contribution in [0.1, 0.15) is 56.6 Å². The zero-order chi connectivity index (χ0) is 38.3. The highest BCUT2D eigenvalue weighted by Gasteiger charge is 2.41. The van der Waals surface area contributed by atoms with Gasteiger partial charge in [-0.05, 0) is 83.3 Å². The highest BCUT2D eigenvalue weighted by molar-refractivity contribution is 7.92. The summed E-state index contributed by atoms with van der Waals surface area (Å²) < 4.78 is 27.0. The fraction of sp³-hybridized carbons (Fsp3) is 0.400. The molecule has 0 aliphatic carbocycles. The molecule has 6 atom stereocenters. The highest BCUT2D eigenvalue weighted by Crippen LogP contribution is 2.27. The van der Waals surface area contributed by atoms with Crippen molar-refractivity contribution in [2.75, 3.05) is 13.1 Å². The van der Waals surface area contributed by atoms with Gasteiger partial charge in [0, 0.05) is 17.5 Å². The molecule has 0 spiro atoms. The summed E-state index contributed by atoms with van der Waals surface area (Å²) >= 11 is 0. The Morgan fingerprint density at radius 3 is 2.21 bits per heavy atom. The van der Waals surface area contributed by atoms with Crippen molar-refractivity contribution in [3.05, 3.63) is 108 Å². The Bertz CT molecular complexity index is 1990. The van der Waals surface area contributed by atoms with E-state index in [2.05, 4.69) is 20.9 Å². The van der Waals surface area contributed by atoms with Crippen LogP contribution in [0, 0.1) is 0 Å². The number of β-amino-alcohol motifs (C(OH)–C–C–N with tert-alkyl or cyclic N) is 1. The number of rotatable bonds is 13. The smallest absolute Gasteiger partial charge is 0.270 e. The molecule has 282 valence electrons. The zero-order valence-corrected chi connectivity index (χ0v) is 31.3. The number of nitrogens with zero attached hydrogens (tertiary/aromatic N) is 2. The number of carbonyl (C=O) groups is 3. The lowest BCUT2D eigenvalue weighted by molar-refractivity contribution is -0.141. The number of aliphatic hydroxyl groups is 2. The van der Waals surface area contributed by atoms with Gasteiger partial charge < -0.3 is 31.1 Å². The minimum absolute atomic E-state index is 0.0603. The molecule has 53 heavy (non-hydrogen) atoms. The Kier molecular flexibility index (Phi) is 12.7. The average Bonchev–Trinajstić information content (AvgIpc) is 3.15. The number of nitrogens with one attached hydrogen (secondary N) is 3. The van der Waals surface area contributed by atoms with Crippen LogP contribution in [0.4, 0.5) is 0 Å². The second-order valence-corrected chi connectivity index (χ2v) is 16.8. The van der Waals surface area contributed by atoms with Crippen LogP contribution in [0.3, 0.4) is 0 Å². The number of benzene rings is 3. The van der Waals surface area contributed by atoms with E-state index in [0.29, 0.717) is 18.5 Å². The molecule has 1 aliphatic rings. The Morgan fingerprint density at radius 2 is 1.55 bits per heavy atom. The normalized spacial score (nSPS) is 18.7. The molecule has 3 amide bonds. The molecule has 1 aromatic heterocycles. The van der Waals surface area contributed by atoms with Crippen LogP contribution in [0.5, 0.6) is 0 Å². The van der Waals surface area contributed by atoms with Crippen LogP contribution in [0.25, 0.3) is 10.9 Å². The predicted molar refractivity (Wildman–Crippen MR) is 203 cm³/mol. The number of sulfone groups is 1. The first-order valence-electron chi connectivity index (χ1n) is 17.9. The van der Waals surface area contributed by atoms with Gasteiger partial charge in [0.05, 0.1) is 40.0 Å². The van der Waals surface area contributed by atoms with Crippen LogP contribution in [0.2, 0.25) is 0 Å². The number of piperidine rings is 1. The van der Waals surface area contributed by atoms with Gasteiger partial charge in [-0.3, -0.25) is 14.4 Å². The van der Waals surface area contributed by atoms with Gasteiger partial charge in [-0.25, -0.2) is 13.4 Å². The van der Waals surface area contributed by atoms with Crippen LogP contribution >= 0.6 is 0 Å². The summed E-state index contributed by atoms with van der Waals surface area (Å²) in [6.45, 7) is 6.97. The lowest BCUT2D eigenvalue weighted by Crippen LogP contribution is -2.61. The van der Waals surface area contributed by atoms with Gasteiger partial charge in [0.2, 0.25) is 11.8 Å². The van der Waals surface area contributed by atoms with Crippen molar-refractivity contribution in [3.63, 3.8) is 0 Å². The van der Waals surface area contributed by atoms with E-state index >= 15 is 0 Å². The molecule has 1 unspecified atom stereocenters. The molecule has 12 nitrogen and oxygen atoms in total. The Morgan fingerprint density at radius 1 is 0.906 bits per heavy atom. The maximum atomic E-state index is 14.2. The number of carbonyl (C=O) groups excluding carboxylic acids is 3. The van der Waals surface area contributed by atoms with E-state index in [1.54, 1.807) is 48.5 Å². The van der Waals surface area contributed by atoms with Crippen molar-refractivity contribution in [1.82, 2.24) is 25.8 Å². The van der Waals surface area contributed by atoms with Gasteiger partial charge in [0.1, 0.15) is 11.7 Å². The van der Waals surface area contributed by atoms with Crippen LogP contribution in [0.15, 0.2) is 102 Å². The van der Waals surface area contributed by atoms with Crippen LogP contribution in [-0.2, 0) is 25.8 Å². The first-order chi connectivity index (χ1) is 25.1. The molecular weight excluding hydrogens is 695 g/mol. The zero-order valence-electron chi connectivity index (χ0n) is 30.5. The second kappa shape index (κ2) is 17.0. The molecule has 5 N–H and O–H groups in total. The third kappa shape index (κ3) is 9.85. The summed E-state index contributed by atoms with van der Waals surface area (Å²) in [5.41, 5.74) is 0.665. The van der Waals surface area contributed by atoms with E-state index in [-0.39, 0.29) is 35.9 Å². The molecule has 13 heteroatoms. The third-order valence-electron chi connectivity index (χ3n) is 9.58. The number of para-hydroxylation sites is 1. The monoisotopic (exact) mass is 743 g/mol. The maximum absolute atomic E-state index is 14.2. The molecular formula is C40H49N5O7S. The van der Waals surface area contributed by atoms with Gasteiger partial charge in [-0.15, -0.1) is 0 Å². The number of hydrogen-bond donors (Lipinski definition) is 5. The standard InChI is InChI=1S/C40H49N5O7S/c1-26(46)36(44-37(48)32-20-19-28-15-11-12-18-31(28)42-32)38(49)43-33(23-27-13-7-5-8-14-27)35(47)25-45(40(2,3)4)39(50)34-24-30(21-22-41-34)53(51,52)29-16-9-6-10-17-29/h5-20,26,30,33-36,41,46-47H,21-25H2,1-4H3,(H,43,49)(H,44,48)/t26-,30-,33+,34?,35-,36+/m1/s1. The minimum atomic E-state index is -3.69. The summed E-state index contributed by atoms with van der Waals surface area (Å²) in [5.74, 6) is -1.76. The van der Waals surface area contributed by atoms with Crippen molar-refractivity contribution in [2.45, 2.75) is 93.0 Å². The SMILES string of the molecule is C[C@@H](O)[C@H](NC(=O)c1ccc2ccccc2n1)C(=O)N[C@@H](Cc1ccccc1)[C@H](O)CN(C(=O)C1C[C@H](S(=O)(=O)c2ccccc2)CCN1)C(C)(C)C. The number of aromatic nitrogens is 1. The molecule has 1 saturated heterocycles. The van der Waals surface area contributed by atoms with Crippen molar-refractivity contribution in [3.8, 4) is 0 Å². The molecule has 1 fully saturated rings. The van der Waals surface area contributed by atoms with E-state index in [4.69, 9.17) is 0 Å². The van der Waals surface area contributed by atoms with Gasteiger partial charge in [-0.1, -0.05) is 72.8 Å². The Labute approximate surface area is 310 Å². The molecule has 2 heterocycles. The average molecular weight is 744 g/mol. The number of hydrogen-bond acceptors (Lipinski definition) is 9. The van der Waals surface area contributed by atoms with Crippen molar-refractivity contribution in [1.29, 1.82) is 0 Å². The maximum Gasteiger partial charge on any atom is 0.270 e. The summed E-state index contributed by atoms with van der Waals surface area (Å²) in [6.07, 6.45) is -2.03. The lowest BCUT2D eigenvalue weighted by atomic mass is 9.95. The molecule has 3 aromatic carbocycles. The van der Waals surface area contributed by atoms with Gasteiger partial charge in [0.15, 0.2) is 9.84 Å². The van der Waals surface area contributed by atoms with Crippen LogP contribution < -0.4 is 16.0 Å². The van der Waals surface area contributed by atoms with Crippen molar-refractivity contribution < 1.29 is 33.0 Å². The van der Waals surface area contributed by atoms with Crippen LogP contribution in [-0.4, -0.2) is 100 Å². The first-order valence-corrected chi connectivity index (χ1v) is 19.4. The molecule has 4 aromatic rings. The molecule has 0 bridgehead atoms. The van der Waals surface area contributed by atoms with E-state index in [9.17, 15) is 33.0 Å². The lowest BCUT2D eigenvalue weighted by Gasteiger charge is -2.42. The van der Waals surface area contributed by atoms with E-state index in [0.717, 1.165) is 10.9 Å². The molecule has 0 radical (unpaired) electrons. The van der Waals surface area contributed by atoms with E-state index in [1.807, 2.05) is 63.2 Å². The third-order valence-corrected chi connectivity index (χ3v) is 11.8. The summed E-state index contributed by atoms with van der Waals surface area (Å²) in [4.78, 5) is 47.4. The number of amides is 3. The molecule has 0 saturated carbocycles. The highest BCUT2D eigenvalue weighted by atomic mass is 32.2. The van der Waals surface area contributed by atoms with Crippen molar-refractivity contribution >= 4 is 38.5 Å². The number of fused-ring (bicyclic) bond motifs is 1. The van der Waals surface area contributed by atoms with Gasteiger partial charge in [-0.2, -0.15) is 0 Å². The predicted octanol–water partition coefficient (Wildman–Crippen LogP) is 3.02. The van der Waals surface area contributed by atoms with E-state index in [1.165, 1.54) is 17.9 Å². The van der Waals surface area contributed by atoms with Crippen molar-refractivity contribution in [2.24, 2.45) is 0 Å². The van der Waals surface area contributed by atoms with E-state index < -0.39 is 62.8 Å². The molecule has 5 rings (SSSR count). The Balaban J connectivity index is 1.34. The summed E-state index contributed by atoms with van der Waals surface area (Å²) in [6, 6.07) is 24.8. The fourth-order valence-corrected chi connectivity index (χ4v) is 8.38. The van der Waals surface area contributed by atoms with Gasteiger partial charge in [0.25, 0.3) is 5.91 Å². The Hall–Kier alpha value is -4.69. The summed E-state index contributed by atoms with van der Waals surface area (Å²) in [7, 11) is -3.69. The second-order valence-electron chi connectivity index (χ2n) is 14.6. The molecule has 1 aliphatic heterocycles. The minimum Gasteiger partial charge on any atom is -0.391 e. The summed E-state index contributed by atoms with van der Waals surface area (Å²) in [5, 5.41) is 31.2. The fourth-order valence-electron chi connectivity index (χ4n) is 6.59. The largest absolute Gasteiger partial charge is 0.391 e.